The molecule has 0 aliphatic rings. The molecule has 1 aromatic carbocycles. The number of nitrogens with zero attached hydrogens (tertiary/aromatic N) is 1. The van der Waals surface area contributed by atoms with Crippen LogP contribution in [0, 0.1) is 5.82 Å². The van der Waals surface area contributed by atoms with Crippen molar-refractivity contribution in [3.8, 4) is 0 Å². The van der Waals surface area contributed by atoms with Gasteiger partial charge in [-0.25, -0.2) is 4.39 Å². The van der Waals surface area contributed by atoms with E-state index in [2.05, 4.69) is 0 Å². The molecular formula is C13H14FNO. The molecule has 16 heavy (non-hydrogen) atoms. The zero-order chi connectivity index (χ0) is 11.7. The number of pyridine rings is 1. The molecule has 0 radical (unpaired) electrons. The summed E-state index contributed by atoms with van der Waals surface area (Å²) in [6.45, 7) is 1.99. The SMILES string of the molecule is CCCc1ccc2ccn(C)c(=O)c2c1F. The Bertz CT molecular complexity index is 586. The summed E-state index contributed by atoms with van der Waals surface area (Å²) >= 11 is 0. The second kappa shape index (κ2) is 4.08. The maximum Gasteiger partial charge on any atom is 0.261 e. The highest BCUT2D eigenvalue weighted by atomic mass is 19.1. The number of fused-ring (bicyclic) bond motifs is 1. The molecule has 0 spiro atoms. The van der Waals surface area contributed by atoms with Gasteiger partial charge in [0.25, 0.3) is 5.56 Å². The molecule has 0 amide bonds. The van der Waals surface area contributed by atoms with E-state index >= 15 is 0 Å². The van der Waals surface area contributed by atoms with Crippen molar-refractivity contribution in [2.75, 3.05) is 0 Å². The number of aryl methyl sites for hydroxylation is 2. The van der Waals surface area contributed by atoms with Crippen LogP contribution in [0.2, 0.25) is 0 Å². The van der Waals surface area contributed by atoms with Gasteiger partial charge in [-0.2, -0.15) is 0 Å². The molecule has 1 heterocycles. The molecule has 3 heteroatoms. The molecule has 1 aromatic heterocycles. The first-order valence-electron chi connectivity index (χ1n) is 5.42. The minimum atomic E-state index is -0.361. The van der Waals surface area contributed by atoms with E-state index in [1.54, 1.807) is 25.4 Å². The van der Waals surface area contributed by atoms with Crippen LogP contribution >= 0.6 is 0 Å². The van der Waals surface area contributed by atoms with Crippen molar-refractivity contribution >= 4 is 10.8 Å². The fourth-order valence-corrected chi connectivity index (χ4v) is 1.89. The van der Waals surface area contributed by atoms with E-state index in [0.717, 1.165) is 6.42 Å². The number of hydrogen-bond donors (Lipinski definition) is 0. The van der Waals surface area contributed by atoms with Crippen LogP contribution in [-0.4, -0.2) is 4.57 Å². The van der Waals surface area contributed by atoms with Crippen LogP contribution < -0.4 is 5.56 Å². The molecule has 84 valence electrons. The fraction of sp³-hybridized carbons (Fsp3) is 0.308. The lowest BCUT2D eigenvalue weighted by Gasteiger charge is -2.06. The molecule has 0 aliphatic carbocycles. The molecular weight excluding hydrogens is 205 g/mol. The molecule has 0 saturated heterocycles. The van der Waals surface area contributed by atoms with Crippen molar-refractivity contribution in [2.24, 2.45) is 7.05 Å². The summed E-state index contributed by atoms with van der Waals surface area (Å²) in [6.07, 6.45) is 3.19. The zero-order valence-electron chi connectivity index (χ0n) is 9.46. The first kappa shape index (κ1) is 10.9. The van der Waals surface area contributed by atoms with Crippen molar-refractivity contribution in [3.63, 3.8) is 0 Å². The first-order chi connectivity index (χ1) is 7.65. The number of aromatic nitrogens is 1. The topological polar surface area (TPSA) is 22.0 Å². The smallest absolute Gasteiger partial charge is 0.261 e. The van der Waals surface area contributed by atoms with Crippen molar-refractivity contribution in [2.45, 2.75) is 19.8 Å². The van der Waals surface area contributed by atoms with Gasteiger partial charge in [0.15, 0.2) is 0 Å². The minimum absolute atomic E-state index is 0.205. The summed E-state index contributed by atoms with van der Waals surface area (Å²) in [5.41, 5.74) is 0.353. The predicted molar refractivity (Wildman–Crippen MR) is 63.1 cm³/mol. The van der Waals surface area contributed by atoms with Crippen LogP contribution in [0.1, 0.15) is 18.9 Å². The average Bonchev–Trinajstić information content (AvgIpc) is 2.27. The Hall–Kier alpha value is -1.64. The standard InChI is InChI=1S/C13H14FNO/c1-3-4-10-6-5-9-7-8-15(2)13(16)11(9)12(10)14/h5-8H,3-4H2,1-2H3. The number of benzene rings is 1. The normalized spacial score (nSPS) is 10.9. The van der Waals surface area contributed by atoms with Gasteiger partial charge in [-0.1, -0.05) is 25.5 Å². The third kappa shape index (κ3) is 1.62. The lowest BCUT2D eigenvalue weighted by Crippen LogP contribution is -2.17. The number of hydrogen-bond acceptors (Lipinski definition) is 1. The maximum atomic E-state index is 14.1. The molecule has 0 aliphatic heterocycles. The monoisotopic (exact) mass is 219 g/mol. The summed E-state index contributed by atoms with van der Waals surface area (Å²) in [7, 11) is 1.63. The highest BCUT2D eigenvalue weighted by Crippen LogP contribution is 2.18. The van der Waals surface area contributed by atoms with Gasteiger partial charge in [0, 0.05) is 13.2 Å². The highest BCUT2D eigenvalue weighted by Gasteiger charge is 2.10. The van der Waals surface area contributed by atoms with Crippen LogP contribution in [0.3, 0.4) is 0 Å². The van der Waals surface area contributed by atoms with Gasteiger partial charge < -0.3 is 4.57 Å². The molecule has 2 nitrogen and oxygen atoms in total. The lowest BCUT2D eigenvalue weighted by molar-refractivity contribution is 0.617. The molecule has 2 aromatic rings. The molecule has 0 bridgehead atoms. The summed E-state index contributed by atoms with van der Waals surface area (Å²) in [6, 6.07) is 5.33. The fourth-order valence-electron chi connectivity index (χ4n) is 1.89. The van der Waals surface area contributed by atoms with Crippen molar-refractivity contribution < 1.29 is 4.39 Å². The maximum absolute atomic E-state index is 14.1. The molecule has 0 atom stereocenters. The van der Waals surface area contributed by atoms with E-state index in [0.29, 0.717) is 17.4 Å². The Morgan fingerprint density at radius 1 is 1.31 bits per heavy atom. The Balaban J connectivity index is 2.81. The molecule has 0 unspecified atom stereocenters. The van der Waals surface area contributed by atoms with Crippen molar-refractivity contribution in [1.82, 2.24) is 4.57 Å². The minimum Gasteiger partial charge on any atom is -0.318 e. The van der Waals surface area contributed by atoms with Crippen LogP contribution in [0.15, 0.2) is 29.2 Å². The summed E-state index contributed by atoms with van der Waals surface area (Å²) < 4.78 is 15.5. The third-order valence-electron chi connectivity index (χ3n) is 2.79. The Labute approximate surface area is 93.3 Å². The molecule has 0 N–H and O–H groups in total. The summed E-state index contributed by atoms with van der Waals surface area (Å²) in [5, 5.41) is 0.872. The van der Waals surface area contributed by atoms with E-state index in [1.165, 1.54) is 4.57 Å². The van der Waals surface area contributed by atoms with Crippen LogP contribution in [0.5, 0.6) is 0 Å². The largest absolute Gasteiger partial charge is 0.318 e. The second-order valence-electron chi connectivity index (χ2n) is 3.98. The third-order valence-corrected chi connectivity index (χ3v) is 2.79. The highest BCUT2D eigenvalue weighted by molar-refractivity contribution is 5.82. The molecule has 0 saturated carbocycles. The van der Waals surface area contributed by atoms with Gasteiger partial charge in [-0.05, 0) is 23.4 Å². The first-order valence-corrected chi connectivity index (χ1v) is 5.42. The van der Waals surface area contributed by atoms with E-state index < -0.39 is 0 Å². The Morgan fingerprint density at radius 2 is 2.06 bits per heavy atom. The van der Waals surface area contributed by atoms with E-state index in [-0.39, 0.29) is 16.8 Å². The van der Waals surface area contributed by atoms with Crippen molar-refractivity contribution in [1.29, 1.82) is 0 Å². The zero-order valence-corrected chi connectivity index (χ0v) is 9.46. The van der Waals surface area contributed by atoms with Gasteiger partial charge in [-0.3, -0.25) is 4.79 Å². The molecule has 0 fully saturated rings. The van der Waals surface area contributed by atoms with Crippen LogP contribution in [0.25, 0.3) is 10.8 Å². The van der Waals surface area contributed by atoms with E-state index in [1.807, 2.05) is 13.0 Å². The van der Waals surface area contributed by atoms with Crippen LogP contribution in [-0.2, 0) is 13.5 Å². The van der Waals surface area contributed by atoms with Gasteiger partial charge in [0.1, 0.15) is 5.82 Å². The van der Waals surface area contributed by atoms with Gasteiger partial charge in [0.05, 0.1) is 5.39 Å². The average molecular weight is 219 g/mol. The predicted octanol–water partition coefficient (Wildman–Crippen LogP) is 2.63. The number of rotatable bonds is 2. The quantitative estimate of drug-likeness (QED) is 0.761. The van der Waals surface area contributed by atoms with Gasteiger partial charge in [-0.15, -0.1) is 0 Å². The molecule has 2 rings (SSSR count). The Morgan fingerprint density at radius 3 is 2.75 bits per heavy atom. The van der Waals surface area contributed by atoms with Gasteiger partial charge >= 0.3 is 0 Å². The van der Waals surface area contributed by atoms with Crippen LogP contribution in [0.4, 0.5) is 4.39 Å². The van der Waals surface area contributed by atoms with E-state index in [9.17, 15) is 9.18 Å². The van der Waals surface area contributed by atoms with E-state index in [4.69, 9.17) is 0 Å². The Kier molecular flexibility index (Phi) is 2.77. The summed E-state index contributed by atoms with van der Waals surface area (Å²) in [5.74, 6) is -0.361. The number of halogens is 1. The second-order valence-corrected chi connectivity index (χ2v) is 3.98. The lowest BCUT2D eigenvalue weighted by atomic mass is 10.0. The summed E-state index contributed by atoms with van der Waals surface area (Å²) in [4.78, 5) is 11.8. The van der Waals surface area contributed by atoms with Crippen molar-refractivity contribution in [3.05, 3.63) is 46.1 Å². The van der Waals surface area contributed by atoms with Gasteiger partial charge in [0.2, 0.25) is 0 Å².